The van der Waals surface area contributed by atoms with Gasteiger partial charge in [0.05, 0.1) is 0 Å². The molecule has 0 radical (unpaired) electrons. The van der Waals surface area contributed by atoms with Crippen molar-refractivity contribution in [3.8, 4) is 0 Å². The zero-order valence-corrected chi connectivity index (χ0v) is 13.6. The monoisotopic (exact) mass is 310 g/mol. The lowest BCUT2D eigenvalue weighted by Crippen LogP contribution is -2.21. The molecule has 1 N–H and O–H groups in total. The summed E-state index contributed by atoms with van der Waals surface area (Å²) in [5, 5.41) is 2.86. The number of carbonyl (C=O) groups excluding carboxylic acids is 2. The topological polar surface area (TPSA) is 49.4 Å². The number of rotatable bonds is 6. The first-order valence-corrected chi connectivity index (χ1v) is 7.72. The van der Waals surface area contributed by atoms with Gasteiger partial charge >= 0.3 is 0 Å². The molecule has 2 rings (SSSR count). The van der Waals surface area contributed by atoms with E-state index in [1.807, 2.05) is 18.2 Å². The van der Waals surface area contributed by atoms with Gasteiger partial charge < -0.3 is 10.2 Å². The van der Waals surface area contributed by atoms with Crippen LogP contribution in [0.1, 0.15) is 28.8 Å². The Hall–Kier alpha value is -2.62. The number of benzene rings is 2. The van der Waals surface area contributed by atoms with Crippen LogP contribution in [0.2, 0.25) is 0 Å². The van der Waals surface area contributed by atoms with Crippen LogP contribution in [0.25, 0.3) is 0 Å². The Morgan fingerprint density at radius 2 is 1.61 bits per heavy atom. The summed E-state index contributed by atoms with van der Waals surface area (Å²) < 4.78 is 0. The molecular formula is C19H22N2O2. The molecule has 0 aliphatic carbocycles. The van der Waals surface area contributed by atoms with Crippen LogP contribution in [0, 0.1) is 0 Å². The average molecular weight is 310 g/mol. The molecule has 0 heterocycles. The van der Waals surface area contributed by atoms with Crippen LogP contribution in [0.15, 0.2) is 54.6 Å². The van der Waals surface area contributed by atoms with Crippen molar-refractivity contribution in [2.75, 3.05) is 19.4 Å². The second kappa shape index (κ2) is 8.13. The number of nitrogens with one attached hydrogen (secondary N) is 1. The second-order valence-electron chi connectivity index (χ2n) is 5.66. The zero-order valence-electron chi connectivity index (χ0n) is 13.6. The molecule has 0 spiro atoms. The lowest BCUT2D eigenvalue weighted by molar-refractivity contribution is -0.116. The molecule has 0 atom stereocenters. The smallest absolute Gasteiger partial charge is 0.253 e. The minimum atomic E-state index is -0.0502. The van der Waals surface area contributed by atoms with Gasteiger partial charge in [-0.2, -0.15) is 0 Å². The number of carbonyl (C=O) groups is 2. The van der Waals surface area contributed by atoms with Crippen LogP contribution < -0.4 is 5.32 Å². The number of aryl methyl sites for hydroxylation is 1. The van der Waals surface area contributed by atoms with Gasteiger partial charge in [-0.25, -0.2) is 0 Å². The molecule has 23 heavy (non-hydrogen) atoms. The minimum Gasteiger partial charge on any atom is -0.345 e. The fraction of sp³-hybridized carbons (Fsp3) is 0.263. The highest BCUT2D eigenvalue weighted by Crippen LogP contribution is 2.12. The van der Waals surface area contributed by atoms with Gasteiger partial charge in [-0.15, -0.1) is 0 Å². The van der Waals surface area contributed by atoms with E-state index < -0.39 is 0 Å². The van der Waals surface area contributed by atoms with Crippen LogP contribution in [-0.2, 0) is 11.2 Å². The highest BCUT2D eigenvalue weighted by atomic mass is 16.2. The maximum atomic E-state index is 11.9. The first kappa shape index (κ1) is 16.7. The number of amides is 2. The Balaban J connectivity index is 1.80. The highest BCUT2D eigenvalue weighted by molar-refractivity contribution is 5.95. The maximum Gasteiger partial charge on any atom is 0.253 e. The lowest BCUT2D eigenvalue weighted by Gasteiger charge is -2.11. The van der Waals surface area contributed by atoms with Crippen molar-refractivity contribution in [3.05, 3.63) is 65.7 Å². The van der Waals surface area contributed by atoms with E-state index in [2.05, 4.69) is 17.4 Å². The van der Waals surface area contributed by atoms with Gasteiger partial charge in [0.25, 0.3) is 5.91 Å². The number of hydrogen-bond donors (Lipinski definition) is 1. The van der Waals surface area contributed by atoms with E-state index in [0.717, 1.165) is 12.8 Å². The third-order valence-corrected chi connectivity index (χ3v) is 3.53. The molecule has 0 aliphatic rings. The maximum absolute atomic E-state index is 11.9. The van der Waals surface area contributed by atoms with Crippen molar-refractivity contribution in [1.29, 1.82) is 0 Å². The summed E-state index contributed by atoms with van der Waals surface area (Å²) in [5.41, 5.74) is 2.56. The summed E-state index contributed by atoms with van der Waals surface area (Å²) in [7, 11) is 3.43. The summed E-state index contributed by atoms with van der Waals surface area (Å²) in [6.07, 6.45) is 2.19. The van der Waals surface area contributed by atoms with Crippen LogP contribution in [0.3, 0.4) is 0 Å². The molecule has 2 amide bonds. The van der Waals surface area contributed by atoms with Crippen molar-refractivity contribution in [3.63, 3.8) is 0 Å². The molecule has 0 unspecified atom stereocenters. The normalized spacial score (nSPS) is 10.2. The average Bonchev–Trinajstić information content (AvgIpc) is 2.56. The van der Waals surface area contributed by atoms with Gasteiger partial charge in [-0.05, 0) is 42.7 Å². The molecule has 0 saturated carbocycles. The van der Waals surface area contributed by atoms with E-state index >= 15 is 0 Å². The molecular weight excluding hydrogens is 288 g/mol. The van der Waals surface area contributed by atoms with Crippen LogP contribution in [0.5, 0.6) is 0 Å². The molecule has 0 fully saturated rings. The van der Waals surface area contributed by atoms with Gasteiger partial charge in [-0.1, -0.05) is 30.3 Å². The fourth-order valence-corrected chi connectivity index (χ4v) is 2.28. The molecule has 0 saturated heterocycles. The first-order valence-electron chi connectivity index (χ1n) is 7.72. The minimum absolute atomic E-state index is 0.00684. The molecule has 0 aliphatic heterocycles. The van der Waals surface area contributed by atoms with Crippen molar-refractivity contribution in [2.45, 2.75) is 19.3 Å². The SMILES string of the molecule is CN(C)C(=O)c1ccc(NC(=O)CCCc2ccccc2)cc1. The number of hydrogen-bond acceptors (Lipinski definition) is 2. The standard InChI is InChI=1S/C19H22N2O2/c1-21(2)19(23)16-11-13-17(14-12-16)20-18(22)10-6-9-15-7-4-3-5-8-15/h3-5,7-8,11-14H,6,9-10H2,1-2H3,(H,20,22). The second-order valence-corrected chi connectivity index (χ2v) is 5.66. The van der Waals surface area contributed by atoms with Gasteiger partial charge in [-0.3, -0.25) is 9.59 Å². The predicted octanol–water partition coefficient (Wildman–Crippen LogP) is 3.35. The molecule has 0 bridgehead atoms. The Morgan fingerprint density at radius 1 is 0.957 bits per heavy atom. The number of nitrogens with zero attached hydrogens (tertiary/aromatic N) is 1. The summed E-state index contributed by atoms with van der Waals surface area (Å²) in [5.74, 6) is -0.0571. The molecule has 4 nitrogen and oxygen atoms in total. The highest BCUT2D eigenvalue weighted by Gasteiger charge is 2.08. The van der Waals surface area contributed by atoms with E-state index in [1.54, 1.807) is 38.4 Å². The van der Waals surface area contributed by atoms with Crippen molar-refractivity contribution >= 4 is 17.5 Å². The Bertz CT molecular complexity index is 649. The van der Waals surface area contributed by atoms with Gasteiger partial charge in [0.15, 0.2) is 0 Å². The molecule has 0 aromatic heterocycles. The first-order chi connectivity index (χ1) is 11.1. The molecule has 4 heteroatoms. The largest absolute Gasteiger partial charge is 0.345 e. The van der Waals surface area contributed by atoms with Crippen LogP contribution in [-0.4, -0.2) is 30.8 Å². The Kier molecular flexibility index (Phi) is 5.92. The van der Waals surface area contributed by atoms with Crippen molar-refractivity contribution in [2.24, 2.45) is 0 Å². The van der Waals surface area contributed by atoms with Gasteiger partial charge in [0.2, 0.25) is 5.91 Å². The zero-order chi connectivity index (χ0) is 16.7. The van der Waals surface area contributed by atoms with Crippen LogP contribution >= 0.6 is 0 Å². The Morgan fingerprint density at radius 3 is 2.22 bits per heavy atom. The lowest BCUT2D eigenvalue weighted by atomic mass is 10.1. The summed E-state index contributed by atoms with van der Waals surface area (Å²) in [4.78, 5) is 25.3. The molecule has 2 aromatic carbocycles. The van der Waals surface area contributed by atoms with E-state index in [4.69, 9.17) is 0 Å². The van der Waals surface area contributed by atoms with Crippen molar-refractivity contribution in [1.82, 2.24) is 4.90 Å². The van der Waals surface area contributed by atoms with E-state index in [-0.39, 0.29) is 11.8 Å². The van der Waals surface area contributed by atoms with Gasteiger partial charge in [0.1, 0.15) is 0 Å². The summed E-state index contributed by atoms with van der Waals surface area (Å²) in [6, 6.07) is 17.1. The molecule has 120 valence electrons. The summed E-state index contributed by atoms with van der Waals surface area (Å²) in [6.45, 7) is 0. The summed E-state index contributed by atoms with van der Waals surface area (Å²) >= 11 is 0. The Labute approximate surface area is 137 Å². The number of anilines is 1. The third kappa shape index (κ3) is 5.25. The third-order valence-electron chi connectivity index (χ3n) is 3.53. The van der Waals surface area contributed by atoms with Crippen LogP contribution in [0.4, 0.5) is 5.69 Å². The predicted molar refractivity (Wildman–Crippen MR) is 92.5 cm³/mol. The fourth-order valence-electron chi connectivity index (χ4n) is 2.28. The van der Waals surface area contributed by atoms with Crippen molar-refractivity contribution < 1.29 is 9.59 Å². The van der Waals surface area contributed by atoms with E-state index in [1.165, 1.54) is 10.5 Å². The van der Waals surface area contributed by atoms with E-state index in [9.17, 15) is 9.59 Å². The quantitative estimate of drug-likeness (QED) is 0.889. The van der Waals surface area contributed by atoms with Gasteiger partial charge in [0, 0.05) is 31.8 Å². The van der Waals surface area contributed by atoms with E-state index in [0.29, 0.717) is 17.7 Å². The molecule has 2 aromatic rings.